The minimum absolute atomic E-state index is 0.327. The fourth-order valence-corrected chi connectivity index (χ4v) is 1.79. The monoisotopic (exact) mass is 241 g/mol. The minimum Gasteiger partial charge on any atom is -0.429 e. The smallest absolute Gasteiger partial charge is 0.299 e. The highest BCUT2D eigenvalue weighted by atomic mass is 35.5. The second kappa shape index (κ2) is 4.57. The van der Waals surface area contributed by atoms with Crippen LogP contribution in [0.25, 0.3) is 0 Å². The molecular formula is C9H8ClN3OS. The van der Waals surface area contributed by atoms with Crippen molar-refractivity contribution >= 4 is 22.9 Å². The zero-order valence-corrected chi connectivity index (χ0v) is 9.26. The van der Waals surface area contributed by atoms with Gasteiger partial charge in [-0.05, 0) is 12.1 Å². The van der Waals surface area contributed by atoms with Crippen LogP contribution in [-0.4, -0.2) is 10.2 Å². The van der Waals surface area contributed by atoms with E-state index < -0.39 is 0 Å². The van der Waals surface area contributed by atoms with E-state index in [0.717, 1.165) is 5.56 Å². The van der Waals surface area contributed by atoms with Gasteiger partial charge in [0.05, 0.1) is 0 Å². The second-order valence-corrected chi connectivity index (χ2v) is 3.93. The van der Waals surface area contributed by atoms with Gasteiger partial charge >= 0.3 is 0 Å². The molecule has 0 saturated carbocycles. The van der Waals surface area contributed by atoms with Crippen molar-refractivity contribution in [2.75, 3.05) is 0 Å². The van der Waals surface area contributed by atoms with E-state index in [1.807, 2.05) is 0 Å². The number of halogens is 1. The Morgan fingerprint density at radius 2 is 2.33 bits per heavy atom. The normalized spacial score (nSPS) is 10.3. The van der Waals surface area contributed by atoms with Gasteiger partial charge in [0.1, 0.15) is 11.3 Å². The molecule has 0 saturated heterocycles. The SMILES string of the molecule is NCc1c(Cl)cccc1Oc1nncs1. The molecule has 0 amide bonds. The van der Waals surface area contributed by atoms with E-state index in [9.17, 15) is 0 Å². The van der Waals surface area contributed by atoms with E-state index >= 15 is 0 Å². The third kappa shape index (κ3) is 2.26. The number of benzene rings is 1. The lowest BCUT2D eigenvalue weighted by molar-refractivity contribution is 0.467. The standard InChI is InChI=1S/C9H8ClN3OS/c10-7-2-1-3-8(6(7)4-11)14-9-13-12-5-15-9/h1-3,5H,4,11H2. The average molecular weight is 242 g/mol. The van der Waals surface area contributed by atoms with Crippen molar-refractivity contribution in [3.05, 3.63) is 34.3 Å². The van der Waals surface area contributed by atoms with Gasteiger partial charge in [-0.25, -0.2) is 0 Å². The molecule has 2 rings (SSSR count). The second-order valence-electron chi connectivity index (χ2n) is 2.73. The van der Waals surface area contributed by atoms with Crippen LogP contribution in [0.15, 0.2) is 23.7 Å². The van der Waals surface area contributed by atoms with E-state index in [-0.39, 0.29) is 0 Å². The van der Waals surface area contributed by atoms with Crippen LogP contribution < -0.4 is 10.5 Å². The van der Waals surface area contributed by atoms with Gasteiger partial charge in [0.15, 0.2) is 0 Å². The van der Waals surface area contributed by atoms with Crippen LogP contribution in [0.4, 0.5) is 0 Å². The van der Waals surface area contributed by atoms with Gasteiger partial charge in [-0.2, -0.15) is 0 Å². The summed E-state index contributed by atoms with van der Waals surface area (Å²) in [6, 6.07) is 5.38. The number of nitrogens with two attached hydrogens (primary N) is 1. The third-order valence-electron chi connectivity index (χ3n) is 1.82. The summed E-state index contributed by atoms with van der Waals surface area (Å²) in [5, 5.41) is 8.53. The van der Waals surface area contributed by atoms with Gasteiger partial charge < -0.3 is 10.5 Å². The average Bonchev–Trinajstić information content (AvgIpc) is 2.71. The largest absolute Gasteiger partial charge is 0.429 e. The molecule has 0 spiro atoms. The predicted molar refractivity (Wildman–Crippen MR) is 59.3 cm³/mol. The minimum atomic E-state index is 0.327. The number of hydrogen-bond donors (Lipinski definition) is 1. The summed E-state index contributed by atoms with van der Waals surface area (Å²) < 4.78 is 5.50. The Morgan fingerprint density at radius 1 is 1.47 bits per heavy atom. The molecule has 0 radical (unpaired) electrons. The summed E-state index contributed by atoms with van der Waals surface area (Å²) >= 11 is 7.29. The first-order valence-electron chi connectivity index (χ1n) is 4.22. The number of nitrogens with zero attached hydrogens (tertiary/aromatic N) is 2. The maximum atomic E-state index is 5.98. The van der Waals surface area contributed by atoms with Crippen molar-refractivity contribution < 1.29 is 4.74 Å². The number of aromatic nitrogens is 2. The molecule has 2 N–H and O–H groups in total. The molecule has 1 aromatic heterocycles. The highest BCUT2D eigenvalue weighted by Crippen LogP contribution is 2.30. The molecule has 4 nitrogen and oxygen atoms in total. The first-order valence-corrected chi connectivity index (χ1v) is 5.48. The van der Waals surface area contributed by atoms with E-state index in [4.69, 9.17) is 22.1 Å². The molecule has 15 heavy (non-hydrogen) atoms. The molecule has 0 bridgehead atoms. The van der Waals surface area contributed by atoms with Crippen molar-refractivity contribution in [1.82, 2.24) is 10.2 Å². The molecule has 78 valence electrons. The zero-order chi connectivity index (χ0) is 10.7. The fraction of sp³-hybridized carbons (Fsp3) is 0.111. The molecule has 1 aromatic carbocycles. The first kappa shape index (κ1) is 10.4. The number of hydrogen-bond acceptors (Lipinski definition) is 5. The van der Waals surface area contributed by atoms with Crippen LogP contribution in [-0.2, 0) is 6.54 Å². The highest BCUT2D eigenvalue weighted by Gasteiger charge is 2.08. The lowest BCUT2D eigenvalue weighted by Crippen LogP contribution is -2.00. The van der Waals surface area contributed by atoms with Crippen LogP contribution >= 0.6 is 22.9 Å². The molecular weight excluding hydrogens is 234 g/mol. The fourth-order valence-electron chi connectivity index (χ4n) is 1.13. The van der Waals surface area contributed by atoms with Crippen molar-refractivity contribution in [3.63, 3.8) is 0 Å². The lowest BCUT2D eigenvalue weighted by Gasteiger charge is -2.08. The summed E-state index contributed by atoms with van der Waals surface area (Å²) in [6.07, 6.45) is 0. The predicted octanol–water partition coefficient (Wildman–Crippen LogP) is 2.44. The van der Waals surface area contributed by atoms with Gasteiger partial charge in [0, 0.05) is 17.1 Å². The van der Waals surface area contributed by atoms with Gasteiger partial charge in [0.2, 0.25) is 0 Å². The van der Waals surface area contributed by atoms with Crippen molar-refractivity contribution in [1.29, 1.82) is 0 Å². The van der Waals surface area contributed by atoms with Gasteiger partial charge in [0.25, 0.3) is 5.19 Å². The van der Waals surface area contributed by atoms with Crippen LogP contribution in [0.3, 0.4) is 0 Å². The molecule has 0 unspecified atom stereocenters. The summed E-state index contributed by atoms with van der Waals surface area (Å²) in [6.45, 7) is 0.327. The molecule has 0 atom stereocenters. The summed E-state index contributed by atoms with van der Waals surface area (Å²) in [5.74, 6) is 0.627. The van der Waals surface area contributed by atoms with Crippen LogP contribution in [0.1, 0.15) is 5.56 Å². The van der Waals surface area contributed by atoms with Gasteiger partial charge in [-0.15, -0.1) is 5.10 Å². The first-order chi connectivity index (χ1) is 7.31. The summed E-state index contributed by atoms with van der Waals surface area (Å²) in [4.78, 5) is 0. The molecule has 0 aliphatic heterocycles. The summed E-state index contributed by atoms with van der Waals surface area (Å²) in [7, 11) is 0. The summed E-state index contributed by atoms with van der Waals surface area (Å²) in [5.41, 5.74) is 7.96. The quantitative estimate of drug-likeness (QED) is 0.897. The Hall–Kier alpha value is -1.17. The molecule has 0 fully saturated rings. The van der Waals surface area contributed by atoms with Gasteiger partial charge in [-0.3, -0.25) is 0 Å². The van der Waals surface area contributed by atoms with Crippen molar-refractivity contribution in [2.45, 2.75) is 6.54 Å². The van der Waals surface area contributed by atoms with E-state index in [0.29, 0.717) is 22.5 Å². The van der Waals surface area contributed by atoms with E-state index in [1.165, 1.54) is 11.3 Å². The van der Waals surface area contributed by atoms with Crippen LogP contribution in [0.2, 0.25) is 5.02 Å². The Balaban J connectivity index is 2.32. The van der Waals surface area contributed by atoms with Gasteiger partial charge in [-0.1, -0.05) is 34.1 Å². The Kier molecular flexibility index (Phi) is 3.15. The van der Waals surface area contributed by atoms with Crippen molar-refractivity contribution in [3.8, 4) is 10.9 Å². The highest BCUT2D eigenvalue weighted by molar-refractivity contribution is 7.11. The van der Waals surface area contributed by atoms with Crippen molar-refractivity contribution in [2.24, 2.45) is 5.73 Å². The number of rotatable bonds is 3. The van der Waals surface area contributed by atoms with E-state index in [2.05, 4.69) is 10.2 Å². The number of ether oxygens (including phenoxy) is 1. The molecule has 0 aliphatic carbocycles. The molecule has 2 aromatic rings. The Morgan fingerprint density at radius 3 is 3.00 bits per heavy atom. The third-order valence-corrected chi connectivity index (χ3v) is 2.74. The topological polar surface area (TPSA) is 61.0 Å². The lowest BCUT2D eigenvalue weighted by atomic mass is 10.2. The maximum absolute atomic E-state index is 5.98. The zero-order valence-electron chi connectivity index (χ0n) is 7.68. The molecule has 0 aliphatic rings. The van der Waals surface area contributed by atoms with E-state index in [1.54, 1.807) is 23.7 Å². The Bertz CT molecular complexity index is 447. The molecule has 1 heterocycles. The maximum Gasteiger partial charge on any atom is 0.299 e. The van der Waals surface area contributed by atoms with Crippen LogP contribution in [0.5, 0.6) is 10.9 Å². The van der Waals surface area contributed by atoms with Crippen LogP contribution in [0, 0.1) is 0 Å². The Labute approximate surface area is 95.7 Å². The molecule has 6 heteroatoms.